The fraction of sp³-hybridized carbons (Fsp3) is 0. The summed E-state index contributed by atoms with van der Waals surface area (Å²) in [4.78, 5) is 11.0. The predicted octanol–water partition coefficient (Wildman–Crippen LogP) is 3.71. The average Bonchev–Trinajstić information content (AvgIpc) is 2.86. The molecular weight excluding hydrogens is 290 g/mol. The van der Waals surface area contributed by atoms with Gasteiger partial charge in [-0.3, -0.25) is 5.10 Å². The molecule has 0 saturated heterocycles. The minimum atomic E-state index is -1.35. The SMILES string of the molecule is O=C(O)c1cc2c(/C=C/c3cccc(F)c3)n[nH]c2cc1F. The molecule has 4 nitrogen and oxygen atoms in total. The zero-order valence-corrected chi connectivity index (χ0v) is 11.2. The lowest BCUT2D eigenvalue weighted by Crippen LogP contribution is -1.99. The number of nitrogens with zero attached hydrogens (tertiary/aromatic N) is 1. The number of benzene rings is 2. The summed E-state index contributed by atoms with van der Waals surface area (Å²) in [7, 11) is 0. The van der Waals surface area contributed by atoms with Crippen molar-refractivity contribution in [3.63, 3.8) is 0 Å². The van der Waals surface area contributed by atoms with Crippen LogP contribution in [0.5, 0.6) is 0 Å². The van der Waals surface area contributed by atoms with Gasteiger partial charge < -0.3 is 5.11 Å². The van der Waals surface area contributed by atoms with Gasteiger partial charge in [0.15, 0.2) is 0 Å². The number of H-pyrrole nitrogens is 1. The van der Waals surface area contributed by atoms with Crippen LogP contribution in [0.4, 0.5) is 8.78 Å². The van der Waals surface area contributed by atoms with E-state index in [1.807, 2.05) is 0 Å². The Labute approximate surface area is 123 Å². The fourth-order valence-electron chi connectivity index (χ4n) is 2.13. The summed E-state index contributed by atoms with van der Waals surface area (Å²) >= 11 is 0. The molecule has 0 amide bonds. The summed E-state index contributed by atoms with van der Waals surface area (Å²) < 4.78 is 26.7. The molecule has 1 heterocycles. The van der Waals surface area contributed by atoms with E-state index >= 15 is 0 Å². The zero-order chi connectivity index (χ0) is 15.7. The number of aromatic nitrogens is 2. The average molecular weight is 300 g/mol. The van der Waals surface area contributed by atoms with Crippen molar-refractivity contribution in [2.24, 2.45) is 0 Å². The number of carbonyl (C=O) groups is 1. The molecule has 6 heteroatoms. The second kappa shape index (κ2) is 5.40. The van der Waals surface area contributed by atoms with Gasteiger partial charge in [0.25, 0.3) is 0 Å². The molecule has 22 heavy (non-hydrogen) atoms. The standard InChI is InChI=1S/C16H10F2N2O2/c17-10-3-1-2-9(6-10)4-5-14-12-7-11(16(21)22)13(18)8-15(12)20-19-14/h1-8H,(H,19,20)(H,21,22)/b5-4+. The zero-order valence-electron chi connectivity index (χ0n) is 11.2. The van der Waals surface area contributed by atoms with Crippen LogP contribution >= 0.6 is 0 Å². The van der Waals surface area contributed by atoms with Crippen molar-refractivity contribution in [2.45, 2.75) is 0 Å². The third-order valence-electron chi connectivity index (χ3n) is 3.19. The Kier molecular flexibility index (Phi) is 3.42. The van der Waals surface area contributed by atoms with Crippen molar-refractivity contribution >= 4 is 29.0 Å². The number of nitrogens with one attached hydrogen (secondary N) is 1. The Morgan fingerprint density at radius 3 is 2.73 bits per heavy atom. The lowest BCUT2D eigenvalue weighted by Gasteiger charge is -1.98. The molecule has 110 valence electrons. The number of rotatable bonds is 3. The first-order valence-corrected chi connectivity index (χ1v) is 6.39. The van der Waals surface area contributed by atoms with Gasteiger partial charge in [-0.05, 0) is 29.8 Å². The Balaban J connectivity index is 2.04. The van der Waals surface area contributed by atoms with Crippen molar-refractivity contribution in [3.05, 3.63) is 64.9 Å². The summed E-state index contributed by atoms with van der Waals surface area (Å²) in [6.07, 6.45) is 3.25. The van der Waals surface area contributed by atoms with E-state index in [2.05, 4.69) is 10.2 Å². The highest BCUT2D eigenvalue weighted by Gasteiger charge is 2.14. The summed E-state index contributed by atoms with van der Waals surface area (Å²) in [5.74, 6) is -2.53. The van der Waals surface area contributed by atoms with Gasteiger partial charge in [-0.2, -0.15) is 5.10 Å². The molecule has 0 radical (unpaired) electrons. The summed E-state index contributed by atoms with van der Waals surface area (Å²) in [5.41, 5.74) is 1.05. The summed E-state index contributed by atoms with van der Waals surface area (Å²) in [6, 6.07) is 8.30. The van der Waals surface area contributed by atoms with Crippen LogP contribution in [0.2, 0.25) is 0 Å². The molecule has 0 saturated carbocycles. The molecule has 0 aliphatic heterocycles. The maximum atomic E-state index is 13.6. The van der Waals surface area contributed by atoms with E-state index in [1.54, 1.807) is 24.3 Å². The number of carboxylic acids is 1. The molecular formula is C16H10F2N2O2. The third kappa shape index (κ3) is 2.58. The highest BCUT2D eigenvalue weighted by molar-refractivity contribution is 5.97. The molecule has 3 rings (SSSR count). The number of hydrogen-bond donors (Lipinski definition) is 2. The highest BCUT2D eigenvalue weighted by Crippen LogP contribution is 2.22. The number of carboxylic acid groups (broad SMARTS) is 1. The van der Waals surface area contributed by atoms with Crippen molar-refractivity contribution in [2.75, 3.05) is 0 Å². The van der Waals surface area contributed by atoms with Crippen molar-refractivity contribution in [3.8, 4) is 0 Å². The van der Waals surface area contributed by atoms with E-state index in [0.29, 0.717) is 22.2 Å². The third-order valence-corrected chi connectivity index (χ3v) is 3.19. The lowest BCUT2D eigenvalue weighted by molar-refractivity contribution is 0.0692. The minimum absolute atomic E-state index is 0.357. The minimum Gasteiger partial charge on any atom is -0.478 e. The van der Waals surface area contributed by atoms with Crippen LogP contribution in [0.15, 0.2) is 36.4 Å². The molecule has 3 aromatic rings. The number of hydrogen-bond acceptors (Lipinski definition) is 2. The highest BCUT2D eigenvalue weighted by atomic mass is 19.1. The molecule has 0 fully saturated rings. The van der Waals surface area contributed by atoms with Gasteiger partial charge in [-0.15, -0.1) is 0 Å². The van der Waals surface area contributed by atoms with Crippen molar-refractivity contribution in [1.29, 1.82) is 0 Å². The predicted molar refractivity (Wildman–Crippen MR) is 78.3 cm³/mol. The Morgan fingerprint density at radius 1 is 1.18 bits per heavy atom. The number of aromatic carboxylic acids is 1. The second-order valence-electron chi connectivity index (χ2n) is 4.68. The van der Waals surface area contributed by atoms with Gasteiger partial charge in [0, 0.05) is 11.5 Å². The quantitative estimate of drug-likeness (QED) is 0.775. The maximum absolute atomic E-state index is 13.6. The van der Waals surface area contributed by atoms with Gasteiger partial charge in [0.05, 0.1) is 16.8 Å². The van der Waals surface area contributed by atoms with Crippen LogP contribution < -0.4 is 0 Å². The van der Waals surface area contributed by atoms with E-state index < -0.39 is 17.3 Å². The van der Waals surface area contributed by atoms with Gasteiger partial charge >= 0.3 is 5.97 Å². The van der Waals surface area contributed by atoms with Gasteiger partial charge in [-0.25, -0.2) is 13.6 Å². The Bertz CT molecular complexity index is 900. The van der Waals surface area contributed by atoms with E-state index in [4.69, 9.17) is 5.11 Å². The van der Waals surface area contributed by atoms with Crippen LogP contribution in [0.25, 0.3) is 23.1 Å². The molecule has 1 aromatic heterocycles. The van der Waals surface area contributed by atoms with Crippen molar-refractivity contribution < 1.29 is 18.7 Å². The molecule has 0 aliphatic carbocycles. The maximum Gasteiger partial charge on any atom is 0.338 e. The first-order chi connectivity index (χ1) is 10.5. The Hall–Kier alpha value is -3.02. The molecule has 0 bridgehead atoms. The number of fused-ring (bicyclic) bond motifs is 1. The largest absolute Gasteiger partial charge is 0.478 e. The topological polar surface area (TPSA) is 66.0 Å². The molecule has 0 atom stereocenters. The molecule has 2 aromatic carbocycles. The first kappa shape index (κ1) is 13.9. The van der Waals surface area contributed by atoms with E-state index in [1.165, 1.54) is 18.2 Å². The number of halogens is 2. The normalized spacial score (nSPS) is 11.4. The van der Waals surface area contributed by atoms with Crippen LogP contribution in [0.3, 0.4) is 0 Å². The van der Waals surface area contributed by atoms with Gasteiger partial charge in [0.2, 0.25) is 0 Å². The van der Waals surface area contributed by atoms with Crippen LogP contribution in [0, 0.1) is 11.6 Å². The van der Waals surface area contributed by atoms with E-state index in [0.717, 1.165) is 6.07 Å². The van der Waals surface area contributed by atoms with Crippen molar-refractivity contribution in [1.82, 2.24) is 10.2 Å². The smallest absolute Gasteiger partial charge is 0.338 e. The summed E-state index contributed by atoms with van der Waals surface area (Å²) in [6.45, 7) is 0. The van der Waals surface area contributed by atoms with Crippen LogP contribution in [-0.4, -0.2) is 21.3 Å². The van der Waals surface area contributed by atoms with E-state index in [9.17, 15) is 13.6 Å². The van der Waals surface area contributed by atoms with E-state index in [-0.39, 0.29) is 5.82 Å². The Morgan fingerprint density at radius 2 is 2.00 bits per heavy atom. The molecule has 2 N–H and O–H groups in total. The fourth-order valence-corrected chi connectivity index (χ4v) is 2.13. The molecule has 0 spiro atoms. The monoisotopic (exact) mass is 300 g/mol. The van der Waals surface area contributed by atoms with Gasteiger partial charge in [-0.1, -0.05) is 18.2 Å². The molecule has 0 unspecified atom stereocenters. The number of aromatic amines is 1. The van der Waals surface area contributed by atoms with Gasteiger partial charge in [0.1, 0.15) is 11.6 Å². The first-order valence-electron chi connectivity index (χ1n) is 6.39. The molecule has 0 aliphatic rings. The lowest BCUT2D eigenvalue weighted by atomic mass is 10.1. The second-order valence-corrected chi connectivity index (χ2v) is 4.68. The summed E-state index contributed by atoms with van der Waals surface area (Å²) in [5, 5.41) is 16.1. The van der Waals surface area contributed by atoms with Crippen LogP contribution in [0.1, 0.15) is 21.6 Å². The van der Waals surface area contributed by atoms with Crippen LogP contribution in [-0.2, 0) is 0 Å².